The van der Waals surface area contributed by atoms with Crippen molar-refractivity contribution in [1.29, 1.82) is 0 Å². The number of para-hydroxylation sites is 1. The summed E-state index contributed by atoms with van der Waals surface area (Å²) in [5.41, 5.74) is 0.304. The van der Waals surface area contributed by atoms with Crippen molar-refractivity contribution in [2.24, 2.45) is 0 Å². The molecule has 0 saturated heterocycles. The zero-order valence-electron chi connectivity index (χ0n) is 21.7. The molecule has 0 aliphatic rings. The Bertz CT molecular complexity index is 1610. The minimum absolute atomic E-state index is 0.0243. The fourth-order valence-corrected chi connectivity index (χ4v) is 4.83. The Balaban J connectivity index is 1.40. The van der Waals surface area contributed by atoms with Gasteiger partial charge in [-0.25, -0.2) is 0 Å². The fourth-order valence-electron chi connectivity index (χ4n) is 3.71. The van der Waals surface area contributed by atoms with Crippen LogP contribution in [0.4, 0.5) is 24.5 Å². The number of carbonyl (C=O) groups excluding carboxylic acids is 3. The topological polar surface area (TPSA) is 87.3 Å². The molecule has 6 nitrogen and oxygen atoms in total. The Hall–Kier alpha value is -4.35. The molecule has 0 aliphatic carbocycles. The maximum absolute atomic E-state index is 13.2. The van der Waals surface area contributed by atoms with Crippen LogP contribution in [-0.2, 0) is 15.8 Å². The van der Waals surface area contributed by atoms with Crippen LogP contribution < -0.4 is 16.0 Å². The number of alkyl halides is 3. The summed E-state index contributed by atoms with van der Waals surface area (Å²) in [7, 11) is 0. The number of amides is 3. The SMILES string of the molecule is O=C(CSc1ccc(NC(=O)/C(=C/c2cccc(Br)c2)NC(=O)c2ccccc2)cc1)Nc1ccccc1C(F)(F)F. The second-order valence-electron chi connectivity index (χ2n) is 8.79. The van der Waals surface area contributed by atoms with E-state index in [1.165, 1.54) is 18.2 Å². The lowest BCUT2D eigenvalue weighted by molar-refractivity contribution is -0.137. The Morgan fingerprint density at radius 2 is 1.50 bits per heavy atom. The van der Waals surface area contributed by atoms with Gasteiger partial charge in [-0.05, 0) is 72.3 Å². The molecule has 0 aliphatic heterocycles. The summed E-state index contributed by atoms with van der Waals surface area (Å²) in [6.45, 7) is 0. The van der Waals surface area contributed by atoms with Gasteiger partial charge < -0.3 is 16.0 Å². The fraction of sp³-hybridized carbons (Fsp3) is 0.0645. The highest BCUT2D eigenvalue weighted by Gasteiger charge is 2.33. The largest absolute Gasteiger partial charge is 0.418 e. The zero-order valence-corrected chi connectivity index (χ0v) is 24.1. The molecule has 0 bridgehead atoms. The summed E-state index contributed by atoms with van der Waals surface area (Å²) in [6.07, 6.45) is -3.03. The van der Waals surface area contributed by atoms with E-state index in [4.69, 9.17) is 0 Å². The van der Waals surface area contributed by atoms with Gasteiger partial charge in [-0.1, -0.05) is 58.4 Å². The summed E-state index contributed by atoms with van der Waals surface area (Å²) < 4.78 is 40.3. The average Bonchev–Trinajstić information content (AvgIpc) is 2.96. The van der Waals surface area contributed by atoms with Crippen LogP contribution in [0, 0.1) is 0 Å². The predicted molar refractivity (Wildman–Crippen MR) is 162 cm³/mol. The first kappa shape index (κ1) is 30.6. The second-order valence-corrected chi connectivity index (χ2v) is 10.8. The summed E-state index contributed by atoms with van der Waals surface area (Å²) in [5, 5.41) is 7.73. The number of rotatable bonds is 9. The van der Waals surface area contributed by atoms with Crippen LogP contribution in [0.2, 0.25) is 0 Å². The molecule has 0 spiro atoms. The number of halogens is 4. The number of benzene rings is 4. The van der Waals surface area contributed by atoms with Gasteiger partial charge in [0, 0.05) is 20.6 Å². The molecule has 4 aromatic carbocycles. The highest BCUT2D eigenvalue weighted by molar-refractivity contribution is 9.10. The Labute approximate surface area is 252 Å². The molecule has 3 N–H and O–H groups in total. The number of hydrogen-bond acceptors (Lipinski definition) is 4. The highest BCUT2D eigenvalue weighted by atomic mass is 79.9. The quantitative estimate of drug-likeness (QED) is 0.128. The molecule has 0 atom stereocenters. The van der Waals surface area contributed by atoms with E-state index in [9.17, 15) is 27.6 Å². The second kappa shape index (κ2) is 14.0. The summed E-state index contributed by atoms with van der Waals surface area (Å²) in [6, 6.07) is 27.1. The highest BCUT2D eigenvalue weighted by Crippen LogP contribution is 2.34. The van der Waals surface area contributed by atoms with Crippen LogP contribution in [-0.4, -0.2) is 23.5 Å². The van der Waals surface area contributed by atoms with Gasteiger partial charge in [-0.3, -0.25) is 14.4 Å². The third-order valence-corrected chi connectivity index (χ3v) is 7.18. The molecular weight excluding hydrogens is 631 g/mol. The first-order chi connectivity index (χ1) is 20.1. The molecule has 42 heavy (non-hydrogen) atoms. The van der Waals surface area contributed by atoms with E-state index in [0.29, 0.717) is 21.7 Å². The lowest BCUT2D eigenvalue weighted by Crippen LogP contribution is -2.30. The van der Waals surface area contributed by atoms with E-state index < -0.39 is 29.5 Å². The first-order valence-corrected chi connectivity index (χ1v) is 14.2. The Kier molecular flexibility index (Phi) is 10.2. The maximum atomic E-state index is 13.2. The molecular formula is C31H23BrF3N3O3S. The van der Waals surface area contributed by atoms with Crippen LogP contribution in [0.25, 0.3) is 6.08 Å². The van der Waals surface area contributed by atoms with Crippen molar-refractivity contribution in [1.82, 2.24) is 5.32 Å². The number of carbonyl (C=O) groups is 3. The van der Waals surface area contributed by atoms with Crippen LogP contribution in [0.1, 0.15) is 21.5 Å². The predicted octanol–water partition coefficient (Wildman–Crippen LogP) is 7.61. The summed E-state index contributed by atoms with van der Waals surface area (Å²) >= 11 is 4.52. The zero-order chi connectivity index (χ0) is 30.1. The van der Waals surface area contributed by atoms with Crippen molar-refractivity contribution in [2.75, 3.05) is 16.4 Å². The average molecular weight is 655 g/mol. The molecule has 0 radical (unpaired) electrons. The summed E-state index contributed by atoms with van der Waals surface area (Å²) in [4.78, 5) is 39.0. The van der Waals surface area contributed by atoms with Gasteiger partial charge in [0.1, 0.15) is 5.70 Å². The molecule has 0 fully saturated rings. The third kappa shape index (κ3) is 8.82. The van der Waals surface area contributed by atoms with Gasteiger partial charge in [-0.15, -0.1) is 11.8 Å². The van der Waals surface area contributed by atoms with E-state index in [2.05, 4.69) is 31.9 Å². The van der Waals surface area contributed by atoms with E-state index in [-0.39, 0.29) is 17.1 Å². The monoisotopic (exact) mass is 653 g/mol. The molecule has 3 amide bonds. The van der Waals surface area contributed by atoms with Crippen molar-refractivity contribution in [2.45, 2.75) is 11.1 Å². The van der Waals surface area contributed by atoms with Crippen LogP contribution in [0.15, 0.2) is 118 Å². The lowest BCUT2D eigenvalue weighted by atomic mass is 10.1. The van der Waals surface area contributed by atoms with E-state index in [1.54, 1.807) is 78.9 Å². The molecule has 0 unspecified atom stereocenters. The first-order valence-electron chi connectivity index (χ1n) is 12.4. The van der Waals surface area contributed by atoms with Gasteiger partial charge in [0.25, 0.3) is 11.8 Å². The smallest absolute Gasteiger partial charge is 0.325 e. The lowest BCUT2D eigenvalue weighted by Gasteiger charge is -2.13. The Morgan fingerprint density at radius 3 is 2.19 bits per heavy atom. The number of anilines is 2. The van der Waals surface area contributed by atoms with Crippen molar-refractivity contribution >= 4 is 62.9 Å². The maximum Gasteiger partial charge on any atom is 0.418 e. The minimum Gasteiger partial charge on any atom is -0.325 e. The van der Waals surface area contributed by atoms with Gasteiger partial charge in [0.2, 0.25) is 5.91 Å². The van der Waals surface area contributed by atoms with Crippen molar-refractivity contribution < 1.29 is 27.6 Å². The van der Waals surface area contributed by atoms with Crippen molar-refractivity contribution in [3.8, 4) is 0 Å². The van der Waals surface area contributed by atoms with E-state index in [0.717, 1.165) is 22.3 Å². The molecule has 0 saturated carbocycles. The third-order valence-electron chi connectivity index (χ3n) is 5.68. The Morgan fingerprint density at radius 1 is 0.810 bits per heavy atom. The van der Waals surface area contributed by atoms with Crippen molar-refractivity contribution in [3.63, 3.8) is 0 Å². The van der Waals surface area contributed by atoms with Crippen molar-refractivity contribution in [3.05, 3.63) is 130 Å². The molecule has 4 rings (SSSR count). The standard InChI is InChI=1S/C31H23BrF3N3O3S/c32-22-10-6-7-20(17-22)18-27(38-29(40)21-8-2-1-3-9-21)30(41)36-23-13-15-24(16-14-23)42-19-28(39)37-26-12-5-4-11-25(26)31(33,34)35/h1-18H,19H2,(H,36,41)(H,37,39)(H,38,40)/b27-18-. The number of hydrogen-bond donors (Lipinski definition) is 3. The summed E-state index contributed by atoms with van der Waals surface area (Å²) in [5.74, 6) is -1.72. The molecule has 214 valence electrons. The number of thioether (sulfide) groups is 1. The van der Waals surface area contributed by atoms with Crippen LogP contribution in [0.3, 0.4) is 0 Å². The van der Waals surface area contributed by atoms with Gasteiger partial charge >= 0.3 is 6.18 Å². The molecule has 4 aromatic rings. The van der Waals surface area contributed by atoms with E-state index in [1.807, 2.05) is 6.07 Å². The molecule has 0 aromatic heterocycles. The molecule has 0 heterocycles. The minimum atomic E-state index is -4.59. The van der Waals surface area contributed by atoms with Gasteiger partial charge in [-0.2, -0.15) is 13.2 Å². The van der Waals surface area contributed by atoms with Gasteiger partial charge in [0.05, 0.1) is 17.0 Å². The van der Waals surface area contributed by atoms with E-state index >= 15 is 0 Å². The van der Waals surface area contributed by atoms with Gasteiger partial charge in [0.15, 0.2) is 0 Å². The molecule has 11 heteroatoms. The van der Waals surface area contributed by atoms with Crippen LogP contribution in [0.5, 0.6) is 0 Å². The van der Waals surface area contributed by atoms with Crippen LogP contribution >= 0.6 is 27.7 Å². The number of nitrogens with one attached hydrogen (secondary N) is 3. The normalized spacial score (nSPS) is 11.5.